The summed E-state index contributed by atoms with van der Waals surface area (Å²) in [4.78, 5) is 5.24. The van der Waals surface area contributed by atoms with E-state index >= 15 is 0 Å². The largest absolute Gasteiger partial charge is 0.389 e. The number of hydrogen-bond donors (Lipinski definition) is 0. The van der Waals surface area contributed by atoms with Gasteiger partial charge in [-0.1, -0.05) is 44.3 Å². The van der Waals surface area contributed by atoms with Crippen LogP contribution in [0.25, 0.3) is 0 Å². The van der Waals surface area contributed by atoms with E-state index in [1.54, 1.807) is 13.8 Å². The van der Waals surface area contributed by atoms with Crippen molar-refractivity contribution in [1.82, 2.24) is 19.6 Å². The summed E-state index contributed by atoms with van der Waals surface area (Å²) in [6.07, 6.45) is -4.46. The van der Waals surface area contributed by atoms with Gasteiger partial charge in [0.1, 0.15) is 22.0 Å². The number of rotatable bonds is 7. The van der Waals surface area contributed by atoms with Crippen molar-refractivity contribution in [3.8, 4) is 0 Å². The van der Waals surface area contributed by atoms with E-state index in [4.69, 9.17) is 28.0 Å². The predicted octanol–water partition coefficient (Wildman–Crippen LogP) is 7.63. The fourth-order valence-electron chi connectivity index (χ4n) is 3.03. The van der Waals surface area contributed by atoms with E-state index in [0.29, 0.717) is 41.7 Å². The molecule has 0 saturated heterocycles. The van der Waals surface area contributed by atoms with Gasteiger partial charge in [-0.05, 0) is 27.7 Å². The number of thioether (sulfide) groups is 1. The van der Waals surface area contributed by atoms with Crippen LogP contribution in [0.4, 0.5) is 17.6 Å². The van der Waals surface area contributed by atoms with Crippen LogP contribution in [0.3, 0.4) is 0 Å². The molecule has 0 N–H and O–H groups in total. The lowest BCUT2D eigenvalue weighted by atomic mass is 10.1. The summed E-state index contributed by atoms with van der Waals surface area (Å²) in [5.41, 5.74) is 0.221. The van der Waals surface area contributed by atoms with Crippen LogP contribution in [0.5, 0.6) is 0 Å². The van der Waals surface area contributed by atoms with Crippen LogP contribution < -0.4 is 0 Å². The number of aryl methyl sites for hydroxylation is 2. The molecular formula is C19H24BrCl2F4N5OS. The number of hydrogen-bond acceptors (Lipinski definition) is 5. The molecule has 0 fully saturated rings. The lowest BCUT2D eigenvalue weighted by molar-refractivity contribution is 0.0123. The first kappa shape index (κ1) is 28.3. The molecule has 0 bridgehead atoms. The van der Waals surface area contributed by atoms with Gasteiger partial charge in [0.2, 0.25) is 0 Å². The molecule has 0 atom stereocenters. The van der Waals surface area contributed by atoms with E-state index in [1.165, 1.54) is 21.1 Å². The molecule has 0 amide bonds. The maximum atomic E-state index is 13.1. The van der Waals surface area contributed by atoms with Gasteiger partial charge in [-0.2, -0.15) is 10.2 Å². The minimum absolute atomic E-state index is 0.0932. The minimum atomic E-state index is -2.59. The second-order valence-corrected chi connectivity index (χ2v) is 9.80. The number of aromatic nitrogens is 4. The van der Waals surface area contributed by atoms with Crippen molar-refractivity contribution >= 4 is 55.9 Å². The van der Waals surface area contributed by atoms with Crippen molar-refractivity contribution < 1.29 is 22.4 Å². The summed E-state index contributed by atoms with van der Waals surface area (Å²) >= 11 is 16.1. The molecule has 0 aliphatic carbocycles. The van der Waals surface area contributed by atoms with Crippen LogP contribution in [0.15, 0.2) is 5.16 Å². The second-order valence-electron chi connectivity index (χ2n) is 7.48. The maximum Gasteiger partial charge on any atom is 0.280 e. The van der Waals surface area contributed by atoms with Gasteiger partial charge >= 0.3 is 0 Å². The zero-order chi connectivity index (χ0) is 24.9. The van der Waals surface area contributed by atoms with E-state index in [9.17, 15) is 17.6 Å². The Labute approximate surface area is 212 Å². The van der Waals surface area contributed by atoms with E-state index in [-0.39, 0.29) is 27.3 Å². The van der Waals surface area contributed by atoms with Gasteiger partial charge in [-0.25, -0.2) is 17.6 Å². The SMILES string of the molecule is CCn1nc(Cl)c(CBr)c1C(F)F.CCn1nc(Cl)c(CSC2=NOC(C)(C)C2)c1C(F)F. The summed E-state index contributed by atoms with van der Waals surface area (Å²) < 4.78 is 53.8. The monoisotopic (exact) mass is 595 g/mol. The molecule has 2 aromatic rings. The summed E-state index contributed by atoms with van der Waals surface area (Å²) in [7, 11) is 0. The van der Waals surface area contributed by atoms with Crippen molar-refractivity contribution in [3.05, 3.63) is 32.8 Å². The molecule has 186 valence electrons. The topological polar surface area (TPSA) is 57.2 Å². The van der Waals surface area contributed by atoms with Gasteiger partial charge in [-0.3, -0.25) is 9.36 Å². The Morgan fingerprint density at radius 1 is 1.00 bits per heavy atom. The van der Waals surface area contributed by atoms with Crippen LogP contribution >= 0.6 is 50.9 Å². The number of alkyl halides is 5. The summed E-state index contributed by atoms with van der Waals surface area (Å²) in [6, 6.07) is 0. The first-order valence-corrected chi connectivity index (χ1v) is 12.8. The fraction of sp³-hybridized carbons (Fsp3) is 0.632. The highest BCUT2D eigenvalue weighted by molar-refractivity contribution is 9.08. The predicted molar refractivity (Wildman–Crippen MR) is 127 cm³/mol. The summed E-state index contributed by atoms with van der Waals surface area (Å²) in [5, 5.41) is 13.1. The van der Waals surface area contributed by atoms with Crippen LogP contribution in [0.2, 0.25) is 10.3 Å². The molecule has 33 heavy (non-hydrogen) atoms. The molecular weight excluding hydrogens is 573 g/mol. The van der Waals surface area contributed by atoms with E-state index in [1.807, 2.05) is 13.8 Å². The summed E-state index contributed by atoms with van der Waals surface area (Å²) in [6.45, 7) is 8.11. The van der Waals surface area contributed by atoms with Crippen LogP contribution in [0.1, 0.15) is 69.5 Å². The Morgan fingerprint density at radius 3 is 1.88 bits per heavy atom. The third kappa shape index (κ3) is 7.02. The third-order valence-corrected chi connectivity index (χ3v) is 6.74. The van der Waals surface area contributed by atoms with Gasteiger partial charge in [0.25, 0.3) is 12.9 Å². The zero-order valence-electron chi connectivity index (χ0n) is 18.4. The average molecular weight is 597 g/mol. The van der Waals surface area contributed by atoms with Gasteiger partial charge < -0.3 is 4.84 Å². The van der Waals surface area contributed by atoms with Gasteiger partial charge in [0.15, 0.2) is 10.3 Å². The van der Waals surface area contributed by atoms with E-state index in [2.05, 4.69) is 31.3 Å². The van der Waals surface area contributed by atoms with Crippen molar-refractivity contribution in [1.29, 1.82) is 0 Å². The van der Waals surface area contributed by atoms with Gasteiger partial charge in [-0.15, -0.1) is 11.8 Å². The lowest BCUT2D eigenvalue weighted by Gasteiger charge is -2.13. The van der Waals surface area contributed by atoms with Gasteiger partial charge in [0, 0.05) is 41.7 Å². The first-order valence-electron chi connectivity index (χ1n) is 9.95. The fourth-order valence-corrected chi connectivity index (χ4v) is 5.47. The minimum Gasteiger partial charge on any atom is -0.389 e. The molecule has 6 nitrogen and oxygen atoms in total. The Morgan fingerprint density at radius 2 is 1.48 bits per heavy atom. The highest BCUT2D eigenvalue weighted by Gasteiger charge is 2.30. The van der Waals surface area contributed by atoms with Crippen molar-refractivity contribution in [2.45, 2.75) is 76.7 Å². The maximum absolute atomic E-state index is 13.1. The van der Waals surface area contributed by atoms with Gasteiger partial charge in [0.05, 0.1) is 0 Å². The first-order chi connectivity index (χ1) is 15.4. The normalized spacial score (nSPS) is 15.0. The second kappa shape index (κ2) is 12.1. The van der Waals surface area contributed by atoms with Crippen LogP contribution in [0, 0.1) is 0 Å². The molecule has 1 aliphatic rings. The molecule has 3 rings (SSSR count). The summed E-state index contributed by atoms with van der Waals surface area (Å²) in [5.74, 6) is 0.316. The van der Waals surface area contributed by atoms with Crippen LogP contribution in [-0.4, -0.2) is 30.2 Å². The molecule has 0 unspecified atom stereocenters. The highest BCUT2D eigenvalue weighted by atomic mass is 79.9. The Kier molecular flexibility index (Phi) is 10.4. The standard InChI is InChI=1S/C12H16ClF2N3OS.C7H8BrClF2N2/c1-4-18-9(11(14)15)7(10(13)16-18)6-20-8-5-12(2,3)19-17-8;1-2-13-5(7(10)11)4(3-8)6(9)12-13/h11H,4-6H2,1-3H3;7H,2-3H2,1H3. The Balaban J connectivity index is 0.000000257. The molecule has 0 aromatic carbocycles. The molecule has 0 spiro atoms. The molecule has 1 aliphatic heterocycles. The number of oxime groups is 1. The molecule has 0 saturated carbocycles. The molecule has 0 radical (unpaired) electrons. The zero-order valence-corrected chi connectivity index (χ0v) is 22.3. The molecule has 2 aromatic heterocycles. The van der Waals surface area contributed by atoms with Crippen molar-refractivity contribution in [2.75, 3.05) is 0 Å². The average Bonchev–Trinajstić information content (AvgIpc) is 3.38. The third-order valence-electron chi connectivity index (χ3n) is 4.59. The lowest BCUT2D eigenvalue weighted by Crippen LogP contribution is -2.18. The van der Waals surface area contributed by atoms with Crippen molar-refractivity contribution in [2.24, 2.45) is 5.16 Å². The van der Waals surface area contributed by atoms with E-state index in [0.717, 1.165) is 5.04 Å². The molecule has 14 heteroatoms. The van der Waals surface area contributed by atoms with E-state index < -0.39 is 12.9 Å². The Hall–Kier alpha value is -0.980. The Bertz CT molecular complexity index is 984. The number of nitrogens with zero attached hydrogens (tertiary/aromatic N) is 5. The van der Waals surface area contributed by atoms with Crippen LogP contribution in [-0.2, 0) is 29.0 Å². The highest BCUT2D eigenvalue weighted by Crippen LogP contribution is 2.35. The van der Waals surface area contributed by atoms with Crippen molar-refractivity contribution in [3.63, 3.8) is 0 Å². The quantitative estimate of drug-likeness (QED) is 0.243. The number of halogens is 7. The smallest absolute Gasteiger partial charge is 0.280 e. The molecule has 3 heterocycles.